The molecule has 110 valence electrons. The van der Waals surface area contributed by atoms with E-state index in [-0.39, 0.29) is 10.8 Å². The van der Waals surface area contributed by atoms with Gasteiger partial charge in [0.1, 0.15) is 0 Å². The topological polar surface area (TPSA) is 61.2 Å². The van der Waals surface area contributed by atoms with Crippen LogP contribution in [0.5, 0.6) is 0 Å². The van der Waals surface area contributed by atoms with Crippen LogP contribution in [0.4, 0.5) is 0 Å². The molecule has 5 nitrogen and oxygen atoms in total. The molecule has 3 aromatic rings. The first-order chi connectivity index (χ1) is 10.6. The van der Waals surface area contributed by atoms with Crippen molar-refractivity contribution >= 4 is 28.5 Å². The zero-order valence-electron chi connectivity index (χ0n) is 11.6. The molecule has 0 bridgehead atoms. The molecule has 0 fully saturated rings. The minimum Gasteiger partial charge on any atom is -0.465 e. The lowest BCUT2D eigenvalue weighted by Gasteiger charge is -2.09. The van der Waals surface area contributed by atoms with Crippen LogP contribution in [-0.4, -0.2) is 22.6 Å². The SMILES string of the molecule is COC(=O)c1ccc2c(=O)n(-c3ccccc3)c(Cl)nc2c1. The number of methoxy groups -OCH3 is 1. The van der Waals surface area contributed by atoms with Gasteiger partial charge in [-0.1, -0.05) is 18.2 Å². The highest BCUT2D eigenvalue weighted by molar-refractivity contribution is 6.29. The zero-order valence-corrected chi connectivity index (χ0v) is 12.4. The van der Waals surface area contributed by atoms with Crippen molar-refractivity contribution in [2.75, 3.05) is 7.11 Å². The Morgan fingerprint density at radius 1 is 1.18 bits per heavy atom. The van der Waals surface area contributed by atoms with Crippen molar-refractivity contribution in [3.05, 3.63) is 69.7 Å². The van der Waals surface area contributed by atoms with Crippen LogP contribution in [0.1, 0.15) is 10.4 Å². The molecule has 0 atom stereocenters. The summed E-state index contributed by atoms with van der Waals surface area (Å²) >= 11 is 6.14. The summed E-state index contributed by atoms with van der Waals surface area (Å²) in [5, 5.41) is 0.409. The normalized spacial score (nSPS) is 10.6. The fourth-order valence-electron chi connectivity index (χ4n) is 2.20. The third-order valence-corrected chi connectivity index (χ3v) is 3.52. The number of aromatic nitrogens is 2. The minimum atomic E-state index is -0.493. The number of rotatable bonds is 2. The van der Waals surface area contributed by atoms with Crippen LogP contribution in [0.25, 0.3) is 16.6 Å². The molecular formula is C16H11ClN2O3. The summed E-state index contributed by atoms with van der Waals surface area (Å²) in [5.74, 6) is -0.493. The standard InChI is InChI=1S/C16H11ClN2O3/c1-22-15(21)10-7-8-12-13(9-10)18-16(17)19(14(12)20)11-5-3-2-4-6-11/h2-9H,1H3. The van der Waals surface area contributed by atoms with Crippen LogP contribution in [0.15, 0.2) is 53.3 Å². The average Bonchev–Trinajstić information content (AvgIpc) is 2.54. The predicted molar refractivity (Wildman–Crippen MR) is 83.7 cm³/mol. The number of carbonyl (C=O) groups is 1. The molecule has 0 aliphatic heterocycles. The second kappa shape index (κ2) is 5.61. The summed E-state index contributed by atoms with van der Waals surface area (Å²) in [4.78, 5) is 28.4. The van der Waals surface area contributed by atoms with Gasteiger partial charge in [-0.15, -0.1) is 0 Å². The molecule has 0 aliphatic rings. The largest absolute Gasteiger partial charge is 0.465 e. The second-order valence-corrected chi connectivity index (χ2v) is 4.92. The number of esters is 1. The number of fused-ring (bicyclic) bond motifs is 1. The van der Waals surface area contributed by atoms with Gasteiger partial charge in [-0.3, -0.25) is 9.36 Å². The molecule has 22 heavy (non-hydrogen) atoms. The Bertz CT molecular complexity index is 920. The Hall–Kier alpha value is -2.66. The van der Waals surface area contributed by atoms with Crippen molar-refractivity contribution in [3.63, 3.8) is 0 Å². The predicted octanol–water partition coefficient (Wildman–Crippen LogP) is 2.83. The van der Waals surface area contributed by atoms with Gasteiger partial charge in [-0.2, -0.15) is 0 Å². The highest BCUT2D eigenvalue weighted by Gasteiger charge is 2.13. The summed E-state index contributed by atoms with van der Waals surface area (Å²) in [6.07, 6.45) is 0. The second-order valence-electron chi connectivity index (χ2n) is 4.58. The van der Waals surface area contributed by atoms with Crippen molar-refractivity contribution in [3.8, 4) is 5.69 Å². The van der Waals surface area contributed by atoms with E-state index < -0.39 is 5.97 Å². The molecule has 1 aromatic heterocycles. The Morgan fingerprint density at radius 2 is 1.91 bits per heavy atom. The average molecular weight is 315 g/mol. The Balaban J connectivity index is 2.27. The van der Waals surface area contributed by atoms with Crippen LogP contribution in [-0.2, 0) is 4.74 Å². The van der Waals surface area contributed by atoms with E-state index in [1.165, 1.54) is 23.8 Å². The summed E-state index contributed by atoms with van der Waals surface area (Å²) in [7, 11) is 1.29. The fraction of sp³-hybridized carbons (Fsp3) is 0.0625. The van der Waals surface area contributed by atoms with Gasteiger partial charge in [0.15, 0.2) is 0 Å². The van der Waals surface area contributed by atoms with Crippen LogP contribution in [0.2, 0.25) is 5.28 Å². The lowest BCUT2D eigenvalue weighted by molar-refractivity contribution is 0.0601. The summed E-state index contributed by atoms with van der Waals surface area (Å²) < 4.78 is 5.98. The van der Waals surface area contributed by atoms with Gasteiger partial charge in [0.2, 0.25) is 5.28 Å². The molecule has 2 aromatic carbocycles. The van der Waals surface area contributed by atoms with Crippen LogP contribution < -0.4 is 5.56 Å². The van der Waals surface area contributed by atoms with E-state index in [2.05, 4.69) is 9.72 Å². The molecule has 0 unspecified atom stereocenters. The van der Waals surface area contributed by atoms with E-state index in [9.17, 15) is 9.59 Å². The van der Waals surface area contributed by atoms with Crippen LogP contribution >= 0.6 is 11.6 Å². The summed E-state index contributed by atoms with van der Waals surface area (Å²) in [6, 6.07) is 13.6. The number of halogens is 1. The van der Waals surface area contributed by atoms with Crippen molar-refractivity contribution in [1.82, 2.24) is 9.55 Å². The molecular weight excluding hydrogens is 304 g/mol. The number of nitrogens with zero attached hydrogens (tertiary/aromatic N) is 2. The zero-order chi connectivity index (χ0) is 15.7. The number of para-hydroxylation sites is 1. The lowest BCUT2D eigenvalue weighted by Crippen LogP contribution is -2.20. The maximum atomic E-state index is 12.6. The maximum absolute atomic E-state index is 12.6. The Kier molecular flexibility index (Phi) is 3.65. The third-order valence-electron chi connectivity index (χ3n) is 3.26. The Morgan fingerprint density at radius 3 is 2.59 bits per heavy atom. The molecule has 6 heteroatoms. The highest BCUT2D eigenvalue weighted by atomic mass is 35.5. The molecule has 1 heterocycles. The number of hydrogen-bond donors (Lipinski definition) is 0. The molecule has 0 amide bonds. The van der Waals surface area contributed by atoms with Crippen molar-refractivity contribution in [1.29, 1.82) is 0 Å². The summed E-state index contributed by atoms with van der Waals surface area (Å²) in [5.41, 5.74) is 1.00. The van der Waals surface area contributed by atoms with Gasteiger partial charge in [0, 0.05) is 0 Å². The van der Waals surface area contributed by atoms with E-state index in [1.54, 1.807) is 18.2 Å². The molecule has 0 spiro atoms. The summed E-state index contributed by atoms with van der Waals surface area (Å²) in [6.45, 7) is 0. The van der Waals surface area contributed by atoms with Crippen molar-refractivity contribution < 1.29 is 9.53 Å². The van der Waals surface area contributed by atoms with Crippen molar-refractivity contribution in [2.24, 2.45) is 0 Å². The number of hydrogen-bond acceptors (Lipinski definition) is 4. The third kappa shape index (κ3) is 2.35. The highest BCUT2D eigenvalue weighted by Crippen LogP contribution is 2.17. The molecule has 0 radical (unpaired) electrons. The quantitative estimate of drug-likeness (QED) is 0.539. The Labute approximate surface area is 130 Å². The van der Waals surface area contributed by atoms with E-state index in [4.69, 9.17) is 11.6 Å². The first-order valence-corrected chi connectivity index (χ1v) is 6.85. The van der Waals surface area contributed by atoms with Gasteiger partial charge in [0.25, 0.3) is 5.56 Å². The van der Waals surface area contributed by atoms with Gasteiger partial charge in [-0.05, 0) is 41.9 Å². The van der Waals surface area contributed by atoms with Crippen LogP contribution in [0.3, 0.4) is 0 Å². The molecule has 3 rings (SSSR count). The van der Waals surface area contributed by atoms with Crippen molar-refractivity contribution in [2.45, 2.75) is 0 Å². The smallest absolute Gasteiger partial charge is 0.337 e. The van der Waals surface area contributed by atoms with Crippen LogP contribution in [0, 0.1) is 0 Å². The number of ether oxygens (including phenoxy) is 1. The van der Waals surface area contributed by atoms with Gasteiger partial charge in [-0.25, -0.2) is 9.78 Å². The van der Waals surface area contributed by atoms with Gasteiger partial charge >= 0.3 is 5.97 Å². The first-order valence-electron chi connectivity index (χ1n) is 6.48. The fourth-order valence-corrected chi connectivity index (χ4v) is 2.47. The number of carbonyl (C=O) groups excluding carboxylic acids is 1. The van der Waals surface area contributed by atoms with E-state index in [0.717, 1.165) is 0 Å². The maximum Gasteiger partial charge on any atom is 0.337 e. The minimum absolute atomic E-state index is 0.0331. The van der Waals surface area contributed by atoms with E-state index in [0.29, 0.717) is 22.2 Å². The van der Waals surface area contributed by atoms with E-state index >= 15 is 0 Å². The van der Waals surface area contributed by atoms with E-state index in [1.807, 2.05) is 18.2 Å². The number of benzene rings is 2. The monoisotopic (exact) mass is 314 g/mol. The molecule has 0 saturated carbocycles. The van der Waals surface area contributed by atoms with Gasteiger partial charge in [0.05, 0.1) is 29.3 Å². The molecule has 0 saturated heterocycles. The first kappa shape index (κ1) is 14.3. The lowest BCUT2D eigenvalue weighted by atomic mass is 10.1. The van der Waals surface area contributed by atoms with Gasteiger partial charge < -0.3 is 4.74 Å². The molecule has 0 N–H and O–H groups in total. The molecule has 0 aliphatic carbocycles.